The molecule has 0 bridgehead atoms. The van der Waals surface area contributed by atoms with E-state index in [1.165, 1.54) is 0 Å². The van der Waals surface area contributed by atoms with E-state index >= 15 is 0 Å². The standard InChI is InChI=1S/C14H12O3.Na.H/c15-13-8-6-11(7-9-13)10-17-14(16)12-4-2-1-3-5-12;;/h1-9,15H,10H2;;/q;+1;-1. The van der Waals surface area contributed by atoms with Gasteiger partial charge in [-0.2, -0.15) is 0 Å². The third kappa shape index (κ3) is 4.18. The number of hydrogen-bond donors (Lipinski definition) is 1. The van der Waals surface area contributed by atoms with Crippen LogP contribution in [-0.2, 0) is 11.3 Å². The topological polar surface area (TPSA) is 46.5 Å². The van der Waals surface area contributed by atoms with Gasteiger partial charge in [0, 0.05) is 0 Å². The van der Waals surface area contributed by atoms with Crippen LogP contribution >= 0.6 is 0 Å². The van der Waals surface area contributed by atoms with Gasteiger partial charge >= 0.3 is 35.5 Å². The second kappa shape index (κ2) is 7.21. The normalized spacial score (nSPS) is 9.33. The van der Waals surface area contributed by atoms with E-state index in [9.17, 15) is 4.79 Å². The van der Waals surface area contributed by atoms with E-state index in [0.29, 0.717) is 5.56 Å². The molecule has 0 saturated heterocycles. The predicted octanol–water partition coefficient (Wildman–Crippen LogP) is -0.134. The molecule has 2 aromatic carbocycles. The third-order valence-corrected chi connectivity index (χ3v) is 2.32. The molecule has 0 unspecified atom stereocenters. The van der Waals surface area contributed by atoms with E-state index in [1.807, 2.05) is 6.07 Å². The Hall–Kier alpha value is -1.29. The summed E-state index contributed by atoms with van der Waals surface area (Å²) in [5, 5.41) is 9.10. The first-order valence-electron chi connectivity index (χ1n) is 5.26. The molecule has 4 heteroatoms. The van der Waals surface area contributed by atoms with Crippen molar-refractivity contribution < 1.29 is 45.6 Å². The van der Waals surface area contributed by atoms with Gasteiger partial charge in [-0.3, -0.25) is 0 Å². The molecule has 88 valence electrons. The number of ether oxygens (including phenoxy) is 1. The largest absolute Gasteiger partial charge is 1.00 e. The molecule has 0 heterocycles. The molecule has 0 aliphatic rings. The fourth-order valence-electron chi connectivity index (χ4n) is 1.40. The number of esters is 1. The van der Waals surface area contributed by atoms with Crippen molar-refractivity contribution in [3.8, 4) is 5.75 Å². The average Bonchev–Trinajstić information content (AvgIpc) is 2.39. The fourth-order valence-corrected chi connectivity index (χ4v) is 1.40. The number of carbonyl (C=O) groups excluding carboxylic acids is 1. The van der Waals surface area contributed by atoms with E-state index in [1.54, 1.807) is 48.5 Å². The maximum atomic E-state index is 11.6. The minimum Gasteiger partial charge on any atom is -1.00 e. The van der Waals surface area contributed by atoms with Crippen LogP contribution in [0.15, 0.2) is 54.6 Å². The summed E-state index contributed by atoms with van der Waals surface area (Å²) in [6.07, 6.45) is 0. The van der Waals surface area contributed by atoms with Crippen LogP contribution in [0, 0.1) is 0 Å². The summed E-state index contributed by atoms with van der Waals surface area (Å²) in [4.78, 5) is 11.6. The number of carbonyl (C=O) groups is 1. The second-order valence-corrected chi connectivity index (χ2v) is 3.61. The number of aromatic hydroxyl groups is 1. The van der Waals surface area contributed by atoms with Crippen LogP contribution in [0.25, 0.3) is 0 Å². The molecule has 0 saturated carbocycles. The summed E-state index contributed by atoms with van der Waals surface area (Å²) < 4.78 is 5.13. The Kier molecular flexibility index (Phi) is 5.92. The molecule has 2 rings (SSSR count). The van der Waals surface area contributed by atoms with Crippen molar-refractivity contribution in [1.82, 2.24) is 0 Å². The van der Waals surface area contributed by atoms with Gasteiger partial charge in [-0.05, 0) is 29.8 Å². The number of rotatable bonds is 3. The molecule has 0 radical (unpaired) electrons. The van der Waals surface area contributed by atoms with Crippen molar-refractivity contribution in [3.05, 3.63) is 65.7 Å². The number of phenolic OH excluding ortho intramolecular Hbond substituents is 1. The SMILES string of the molecule is O=C(OCc1ccc(O)cc1)c1ccccc1.[H-].[Na+]. The van der Waals surface area contributed by atoms with Crippen molar-refractivity contribution in [1.29, 1.82) is 0 Å². The van der Waals surface area contributed by atoms with Crippen molar-refractivity contribution in [3.63, 3.8) is 0 Å². The minimum atomic E-state index is -0.348. The van der Waals surface area contributed by atoms with Crippen LogP contribution in [0.5, 0.6) is 5.75 Å². The quantitative estimate of drug-likeness (QED) is 0.611. The van der Waals surface area contributed by atoms with Gasteiger partial charge in [-0.25, -0.2) is 4.79 Å². The Morgan fingerprint density at radius 3 is 2.28 bits per heavy atom. The van der Waals surface area contributed by atoms with Crippen molar-refractivity contribution in [2.45, 2.75) is 6.61 Å². The molecule has 0 aromatic heterocycles. The van der Waals surface area contributed by atoms with Gasteiger partial charge in [0.05, 0.1) is 5.56 Å². The van der Waals surface area contributed by atoms with Gasteiger partial charge in [-0.15, -0.1) is 0 Å². The second-order valence-electron chi connectivity index (χ2n) is 3.61. The molecule has 1 N–H and O–H groups in total. The van der Waals surface area contributed by atoms with E-state index in [2.05, 4.69) is 0 Å². The minimum absolute atomic E-state index is 0. The molecular weight excluding hydrogens is 239 g/mol. The van der Waals surface area contributed by atoms with Crippen LogP contribution in [-0.4, -0.2) is 11.1 Å². The smallest absolute Gasteiger partial charge is 1.00 e. The predicted molar refractivity (Wildman–Crippen MR) is 64.8 cm³/mol. The summed E-state index contributed by atoms with van der Waals surface area (Å²) in [7, 11) is 0. The Morgan fingerprint density at radius 2 is 1.67 bits per heavy atom. The summed E-state index contributed by atoms with van der Waals surface area (Å²) in [6, 6.07) is 15.4. The molecule has 2 aromatic rings. The number of benzene rings is 2. The van der Waals surface area contributed by atoms with Gasteiger partial charge in [0.15, 0.2) is 0 Å². The van der Waals surface area contributed by atoms with Crippen molar-refractivity contribution in [2.75, 3.05) is 0 Å². The summed E-state index contributed by atoms with van der Waals surface area (Å²) in [5.74, 6) is -0.151. The van der Waals surface area contributed by atoms with Gasteiger partial charge in [0.1, 0.15) is 12.4 Å². The first-order valence-corrected chi connectivity index (χ1v) is 5.26. The van der Waals surface area contributed by atoms with Crippen molar-refractivity contribution in [2.24, 2.45) is 0 Å². The summed E-state index contributed by atoms with van der Waals surface area (Å²) >= 11 is 0. The molecule has 0 atom stereocenters. The molecule has 0 amide bonds. The third-order valence-electron chi connectivity index (χ3n) is 2.32. The van der Waals surface area contributed by atoms with Gasteiger partial charge in [0.2, 0.25) is 0 Å². The Labute approximate surface area is 129 Å². The Morgan fingerprint density at radius 1 is 1.06 bits per heavy atom. The van der Waals surface area contributed by atoms with Crippen LogP contribution in [0.1, 0.15) is 17.3 Å². The molecule has 0 aliphatic heterocycles. The van der Waals surface area contributed by atoms with Crippen LogP contribution in [0.2, 0.25) is 0 Å². The zero-order valence-electron chi connectivity index (χ0n) is 11.2. The molecule has 0 aliphatic carbocycles. The van der Waals surface area contributed by atoms with Gasteiger partial charge in [-0.1, -0.05) is 30.3 Å². The van der Waals surface area contributed by atoms with Crippen molar-refractivity contribution >= 4 is 5.97 Å². The maximum Gasteiger partial charge on any atom is 1.00 e. The van der Waals surface area contributed by atoms with E-state index < -0.39 is 0 Å². The number of hydrogen-bond acceptors (Lipinski definition) is 3. The van der Waals surface area contributed by atoms with Crippen LogP contribution < -0.4 is 29.6 Å². The maximum absolute atomic E-state index is 11.6. The summed E-state index contributed by atoms with van der Waals surface area (Å²) in [5.41, 5.74) is 1.37. The first-order chi connectivity index (χ1) is 8.25. The van der Waals surface area contributed by atoms with Crippen LogP contribution in [0.3, 0.4) is 0 Å². The van der Waals surface area contributed by atoms with E-state index in [0.717, 1.165) is 5.56 Å². The average molecular weight is 252 g/mol. The Balaban J connectivity index is 0.00000162. The zero-order chi connectivity index (χ0) is 12.1. The molecule has 0 spiro atoms. The monoisotopic (exact) mass is 252 g/mol. The summed E-state index contributed by atoms with van der Waals surface area (Å²) in [6.45, 7) is 0.202. The molecule has 18 heavy (non-hydrogen) atoms. The molecular formula is C14H13NaO3. The fraction of sp³-hybridized carbons (Fsp3) is 0.0714. The molecule has 3 nitrogen and oxygen atoms in total. The molecule has 0 fully saturated rings. The number of phenols is 1. The zero-order valence-corrected chi connectivity index (χ0v) is 12.2. The van der Waals surface area contributed by atoms with E-state index in [-0.39, 0.29) is 49.3 Å². The van der Waals surface area contributed by atoms with Crippen LogP contribution in [0.4, 0.5) is 0 Å². The Bertz CT molecular complexity index is 500. The first kappa shape index (κ1) is 14.8. The van der Waals surface area contributed by atoms with Gasteiger partial charge < -0.3 is 11.3 Å². The van der Waals surface area contributed by atoms with Gasteiger partial charge in [0.25, 0.3) is 0 Å². The van der Waals surface area contributed by atoms with E-state index in [4.69, 9.17) is 9.84 Å².